The highest BCUT2D eigenvalue weighted by Gasteiger charge is 2.45. The molecule has 6 heteroatoms. The molecule has 0 aromatic heterocycles. The molecule has 0 spiro atoms. The summed E-state index contributed by atoms with van der Waals surface area (Å²) < 4.78 is 5.06. The van der Waals surface area contributed by atoms with Crippen LogP contribution in [-0.2, 0) is 19.9 Å². The smallest absolute Gasteiger partial charge is 0.335 e. The van der Waals surface area contributed by atoms with E-state index in [2.05, 4.69) is 0 Å². The first kappa shape index (κ1) is 15.9. The summed E-state index contributed by atoms with van der Waals surface area (Å²) in [4.78, 5) is 24.1. The molecule has 21 heavy (non-hydrogen) atoms. The zero-order valence-corrected chi connectivity index (χ0v) is 12.5. The third-order valence-corrected chi connectivity index (χ3v) is 4.05. The van der Waals surface area contributed by atoms with Gasteiger partial charge in [0.2, 0.25) is 0 Å². The van der Waals surface area contributed by atoms with Crippen molar-refractivity contribution in [1.29, 1.82) is 0 Å². The van der Waals surface area contributed by atoms with Crippen LogP contribution in [0.3, 0.4) is 0 Å². The lowest BCUT2D eigenvalue weighted by Crippen LogP contribution is -2.54. The monoisotopic (exact) mass is 311 g/mol. The number of aliphatic hydroxyl groups excluding tert-OH is 1. The maximum Gasteiger partial charge on any atom is 0.335 e. The summed E-state index contributed by atoms with van der Waals surface area (Å²) in [5, 5.41) is 9.60. The molecule has 1 aromatic rings. The van der Waals surface area contributed by atoms with Crippen molar-refractivity contribution in [3.63, 3.8) is 0 Å². The SMILES string of the molecule is CC(O)C(=O)OC1CCCC(N)(c2ccccc2Cl)C1=O. The van der Waals surface area contributed by atoms with Crippen LogP contribution in [0.5, 0.6) is 0 Å². The van der Waals surface area contributed by atoms with Crippen molar-refractivity contribution in [2.24, 2.45) is 5.73 Å². The van der Waals surface area contributed by atoms with Gasteiger partial charge in [-0.3, -0.25) is 4.79 Å². The quantitative estimate of drug-likeness (QED) is 0.826. The molecule has 0 aliphatic heterocycles. The summed E-state index contributed by atoms with van der Waals surface area (Å²) >= 11 is 6.14. The Balaban J connectivity index is 2.27. The Kier molecular flexibility index (Phi) is 4.66. The third-order valence-electron chi connectivity index (χ3n) is 3.72. The highest BCUT2D eigenvalue weighted by Crippen LogP contribution is 2.36. The van der Waals surface area contributed by atoms with Crippen molar-refractivity contribution in [3.05, 3.63) is 34.9 Å². The van der Waals surface area contributed by atoms with Gasteiger partial charge in [-0.1, -0.05) is 29.8 Å². The molecule has 114 valence electrons. The number of rotatable bonds is 3. The number of benzene rings is 1. The number of nitrogens with two attached hydrogens (primary N) is 1. The normalized spacial score (nSPS) is 27.2. The van der Waals surface area contributed by atoms with E-state index in [0.29, 0.717) is 29.8 Å². The van der Waals surface area contributed by atoms with Gasteiger partial charge in [-0.2, -0.15) is 0 Å². The van der Waals surface area contributed by atoms with Crippen molar-refractivity contribution in [2.45, 2.75) is 43.9 Å². The molecule has 1 aromatic carbocycles. The Morgan fingerprint density at radius 2 is 2.19 bits per heavy atom. The molecular formula is C15H18ClNO4. The van der Waals surface area contributed by atoms with Crippen LogP contribution in [0.25, 0.3) is 0 Å². The summed E-state index contributed by atoms with van der Waals surface area (Å²) in [6, 6.07) is 6.89. The topological polar surface area (TPSA) is 89.6 Å². The number of carbonyl (C=O) groups is 2. The molecule has 1 aliphatic carbocycles. The minimum atomic E-state index is -1.27. The number of Topliss-reactive ketones (excluding diaryl/α,β-unsaturated/α-hetero) is 1. The molecule has 1 saturated carbocycles. The number of halogens is 1. The van der Waals surface area contributed by atoms with Crippen LogP contribution < -0.4 is 5.73 Å². The first-order valence-electron chi connectivity index (χ1n) is 6.83. The molecule has 0 amide bonds. The first-order chi connectivity index (χ1) is 9.86. The lowest BCUT2D eigenvalue weighted by molar-refractivity contribution is -0.166. The average molecular weight is 312 g/mol. The fourth-order valence-corrected chi connectivity index (χ4v) is 2.85. The van der Waals surface area contributed by atoms with Gasteiger partial charge in [-0.25, -0.2) is 4.79 Å². The second-order valence-corrected chi connectivity index (χ2v) is 5.72. The van der Waals surface area contributed by atoms with Gasteiger partial charge in [0.25, 0.3) is 0 Å². The van der Waals surface area contributed by atoms with Crippen molar-refractivity contribution in [2.75, 3.05) is 0 Å². The Bertz CT molecular complexity index is 560. The van der Waals surface area contributed by atoms with Gasteiger partial charge < -0.3 is 15.6 Å². The lowest BCUT2D eigenvalue weighted by Gasteiger charge is -2.36. The molecule has 3 atom stereocenters. The maximum absolute atomic E-state index is 12.6. The third kappa shape index (κ3) is 3.10. The molecule has 0 saturated heterocycles. The number of aliphatic hydroxyl groups is 1. The van der Waals surface area contributed by atoms with Crippen molar-refractivity contribution in [3.8, 4) is 0 Å². The van der Waals surface area contributed by atoms with Crippen LogP contribution in [0.4, 0.5) is 0 Å². The Hall–Kier alpha value is -1.43. The minimum Gasteiger partial charge on any atom is -0.452 e. The summed E-state index contributed by atoms with van der Waals surface area (Å²) in [5.74, 6) is -1.20. The zero-order chi connectivity index (χ0) is 15.6. The van der Waals surface area contributed by atoms with E-state index in [9.17, 15) is 14.7 Å². The predicted octanol–water partition coefficient (Wildman–Crippen LogP) is 1.54. The molecule has 3 N–H and O–H groups in total. The molecule has 2 rings (SSSR count). The fourth-order valence-electron chi connectivity index (χ4n) is 2.55. The number of ketones is 1. The molecular weight excluding hydrogens is 294 g/mol. The van der Waals surface area contributed by atoms with E-state index in [1.165, 1.54) is 6.92 Å². The van der Waals surface area contributed by atoms with E-state index >= 15 is 0 Å². The highest BCUT2D eigenvalue weighted by molar-refractivity contribution is 6.31. The Labute approximate surface area is 128 Å². The van der Waals surface area contributed by atoms with Gasteiger partial charge in [0.05, 0.1) is 0 Å². The Morgan fingerprint density at radius 3 is 2.81 bits per heavy atom. The zero-order valence-electron chi connectivity index (χ0n) is 11.7. The fraction of sp³-hybridized carbons (Fsp3) is 0.467. The largest absolute Gasteiger partial charge is 0.452 e. The van der Waals surface area contributed by atoms with Crippen LogP contribution in [-0.4, -0.2) is 29.1 Å². The molecule has 0 heterocycles. The van der Waals surface area contributed by atoms with Gasteiger partial charge in [-0.15, -0.1) is 0 Å². The van der Waals surface area contributed by atoms with Gasteiger partial charge >= 0.3 is 5.97 Å². The van der Waals surface area contributed by atoms with E-state index in [4.69, 9.17) is 22.1 Å². The summed E-state index contributed by atoms with van der Waals surface area (Å²) in [6.45, 7) is 1.29. The van der Waals surface area contributed by atoms with E-state index in [0.717, 1.165) is 0 Å². The number of carbonyl (C=O) groups excluding carboxylic acids is 2. The van der Waals surface area contributed by atoms with Crippen LogP contribution >= 0.6 is 11.6 Å². The van der Waals surface area contributed by atoms with Gasteiger partial charge in [-0.05, 0) is 37.8 Å². The molecule has 5 nitrogen and oxygen atoms in total. The van der Waals surface area contributed by atoms with Crippen LogP contribution in [0.1, 0.15) is 31.7 Å². The average Bonchev–Trinajstić information content (AvgIpc) is 2.44. The Morgan fingerprint density at radius 1 is 1.52 bits per heavy atom. The molecule has 0 radical (unpaired) electrons. The lowest BCUT2D eigenvalue weighted by atomic mass is 9.75. The number of hydrogen-bond donors (Lipinski definition) is 2. The van der Waals surface area contributed by atoms with Gasteiger partial charge in [0.1, 0.15) is 11.6 Å². The molecule has 3 unspecified atom stereocenters. The second kappa shape index (κ2) is 6.13. The maximum atomic E-state index is 12.6. The van der Waals surface area contributed by atoms with Gasteiger partial charge in [0, 0.05) is 5.02 Å². The van der Waals surface area contributed by atoms with Crippen molar-refractivity contribution in [1.82, 2.24) is 0 Å². The van der Waals surface area contributed by atoms with Crippen LogP contribution in [0.2, 0.25) is 5.02 Å². The molecule has 1 fully saturated rings. The van der Waals surface area contributed by atoms with Crippen molar-refractivity contribution >= 4 is 23.4 Å². The summed E-state index contributed by atoms with van der Waals surface area (Å²) in [6.07, 6.45) is -0.737. The number of ether oxygens (including phenoxy) is 1. The van der Waals surface area contributed by atoms with Crippen LogP contribution in [0, 0.1) is 0 Å². The summed E-state index contributed by atoms with van der Waals surface area (Å²) in [5.41, 5.74) is 5.55. The van der Waals surface area contributed by atoms with E-state index in [1.807, 2.05) is 0 Å². The van der Waals surface area contributed by atoms with Gasteiger partial charge in [0.15, 0.2) is 11.9 Å². The van der Waals surface area contributed by atoms with E-state index in [-0.39, 0.29) is 5.78 Å². The van der Waals surface area contributed by atoms with E-state index in [1.54, 1.807) is 24.3 Å². The van der Waals surface area contributed by atoms with Crippen molar-refractivity contribution < 1.29 is 19.4 Å². The molecule has 0 bridgehead atoms. The van der Waals surface area contributed by atoms with Crippen LogP contribution in [0.15, 0.2) is 24.3 Å². The molecule has 1 aliphatic rings. The first-order valence-corrected chi connectivity index (χ1v) is 7.21. The minimum absolute atomic E-state index is 0.379. The standard InChI is InChI=1S/C15H18ClNO4/c1-9(18)14(20)21-12-7-4-8-15(17,13(12)19)10-5-2-3-6-11(10)16/h2-3,5-6,9,12,18H,4,7-8,17H2,1H3. The number of esters is 1. The summed E-state index contributed by atoms with van der Waals surface area (Å²) in [7, 11) is 0. The number of hydrogen-bond acceptors (Lipinski definition) is 5. The van der Waals surface area contributed by atoms with E-state index < -0.39 is 23.7 Å². The predicted molar refractivity (Wildman–Crippen MR) is 77.7 cm³/mol. The highest BCUT2D eigenvalue weighted by atomic mass is 35.5. The second-order valence-electron chi connectivity index (χ2n) is 5.31.